The van der Waals surface area contributed by atoms with Gasteiger partial charge < -0.3 is 5.11 Å². The van der Waals surface area contributed by atoms with Crippen molar-refractivity contribution >= 4 is 55.8 Å². The van der Waals surface area contributed by atoms with Crippen molar-refractivity contribution in [1.29, 1.82) is 5.26 Å². The van der Waals surface area contributed by atoms with Crippen molar-refractivity contribution in [2.75, 3.05) is 0 Å². The van der Waals surface area contributed by atoms with Crippen LogP contribution in [0, 0.1) is 31.2 Å². The number of hydrogen-bond acceptors (Lipinski definition) is 4. The Bertz CT molecular complexity index is 2170. The number of fused-ring (bicyclic) bond motifs is 4. The zero-order chi connectivity index (χ0) is 32.5. The number of hydrogen-bond donors (Lipinski definition) is 1. The summed E-state index contributed by atoms with van der Waals surface area (Å²) >= 11 is -1.86. The number of aryl methyl sites for hydroxylation is 2. The van der Waals surface area contributed by atoms with Gasteiger partial charge in [-0.1, -0.05) is 23.6 Å². The second kappa shape index (κ2) is 14.1. The number of nitriles is 1. The molecule has 6 rings (SSSR count). The van der Waals surface area contributed by atoms with Crippen LogP contribution in [0.1, 0.15) is 30.5 Å². The molecule has 0 amide bonds. The molecule has 233 valence electrons. The number of allylic oxidation sites excluding steroid dienone is 2. The van der Waals surface area contributed by atoms with Crippen LogP contribution in [0.2, 0.25) is 17.3 Å². The van der Waals surface area contributed by atoms with Gasteiger partial charge in [0, 0.05) is 26.2 Å². The minimum Gasteiger partial charge on any atom is 0 e. The van der Waals surface area contributed by atoms with Gasteiger partial charge in [-0.05, 0) is 19.4 Å². The summed E-state index contributed by atoms with van der Waals surface area (Å²) in [5.74, 6) is 7.25. The van der Waals surface area contributed by atoms with E-state index in [-0.39, 0.29) is 31.6 Å². The van der Waals surface area contributed by atoms with E-state index in [1.807, 2.05) is 36.5 Å². The van der Waals surface area contributed by atoms with E-state index in [9.17, 15) is 10.1 Å². The molecule has 0 unspecified atom stereocenters. The Morgan fingerprint density at radius 2 is 1.54 bits per heavy atom. The minimum atomic E-state index is -1.86. The number of aliphatic hydroxyl groups excluding tert-OH is 1. The van der Waals surface area contributed by atoms with Gasteiger partial charge in [0.1, 0.15) is 0 Å². The van der Waals surface area contributed by atoms with Crippen LogP contribution in [0.5, 0.6) is 0 Å². The quantitative estimate of drug-likeness (QED) is 0.0631. The molecule has 0 fully saturated rings. The molecule has 0 aliphatic heterocycles. The summed E-state index contributed by atoms with van der Waals surface area (Å²) in [7, 11) is 0. The molecule has 1 aromatic heterocycles. The van der Waals surface area contributed by atoms with E-state index in [0.29, 0.717) is 5.56 Å². The standard InChI is InChI=1S/C35H29GeN2.C5H8O2.Ir/c1-22-18-33-29(23(2)34(22)24-10-12-28(13-11-24)36(3,4)5)14-15-32-31(33)16-17-38-35(32)26-19-25-8-6-7-9-30(25)27(20-26)21-37;1-4(6)3-5(2)7;/h6-18,20H,1-5H3;3,6H,1-2H3;/q-1;;/b;4-3-;. The van der Waals surface area contributed by atoms with E-state index in [2.05, 4.69) is 91.8 Å². The van der Waals surface area contributed by atoms with Crippen LogP contribution in [-0.4, -0.2) is 29.1 Å². The molecule has 0 saturated heterocycles. The minimum absolute atomic E-state index is 0. The van der Waals surface area contributed by atoms with Gasteiger partial charge in [0.2, 0.25) is 0 Å². The van der Waals surface area contributed by atoms with Crippen LogP contribution in [0.25, 0.3) is 54.7 Å². The third kappa shape index (κ3) is 7.16. The van der Waals surface area contributed by atoms with Gasteiger partial charge in [0.15, 0.2) is 5.78 Å². The monoisotopic (exact) mass is 844 g/mol. The van der Waals surface area contributed by atoms with Crippen LogP contribution in [0.15, 0.2) is 96.9 Å². The molecule has 5 aromatic carbocycles. The normalized spacial score (nSPS) is 11.5. The SMILES string of the molecule is CC(=O)/C=C(/C)O.Cc1cc2c(ccc3c(-c4[c-]c5ccccc5c(C#N)c4)nccc32)c(C)c1-c1cc[c]([Ge]([CH3])([CH3])[CH3])cc1.[Ir]. The van der Waals surface area contributed by atoms with Gasteiger partial charge in [-0.2, -0.15) is 5.26 Å². The fourth-order valence-electron chi connectivity index (χ4n) is 6.02. The molecule has 0 aliphatic rings. The molecule has 0 spiro atoms. The molecule has 46 heavy (non-hydrogen) atoms. The number of pyridine rings is 1. The summed E-state index contributed by atoms with van der Waals surface area (Å²) in [5, 5.41) is 24.8. The predicted octanol–water partition coefficient (Wildman–Crippen LogP) is 9.74. The summed E-state index contributed by atoms with van der Waals surface area (Å²) in [5.41, 5.74) is 7.52. The topological polar surface area (TPSA) is 74.0 Å². The molecule has 1 N–H and O–H groups in total. The van der Waals surface area contributed by atoms with Gasteiger partial charge in [-0.3, -0.25) is 4.79 Å². The Morgan fingerprint density at radius 3 is 2.15 bits per heavy atom. The smallest absolute Gasteiger partial charge is 0 e. The first-order valence-electron chi connectivity index (χ1n) is 15.0. The van der Waals surface area contributed by atoms with Crippen molar-refractivity contribution in [2.24, 2.45) is 0 Å². The molecule has 0 atom stereocenters. The number of rotatable bonds is 4. The molecule has 6 heteroatoms. The average Bonchev–Trinajstić information content (AvgIpc) is 2.99. The van der Waals surface area contributed by atoms with Gasteiger partial charge in [-0.25, -0.2) is 0 Å². The summed E-state index contributed by atoms with van der Waals surface area (Å²) in [6.45, 7) is 7.31. The maximum absolute atomic E-state index is 10.0. The zero-order valence-corrected chi connectivity index (χ0v) is 31.7. The van der Waals surface area contributed by atoms with Gasteiger partial charge in [0.25, 0.3) is 0 Å². The third-order valence-corrected chi connectivity index (χ3v) is 12.5. The summed E-state index contributed by atoms with van der Waals surface area (Å²) < 4.78 is 1.53. The Morgan fingerprint density at radius 1 is 0.870 bits per heavy atom. The molecule has 0 bridgehead atoms. The second-order valence-corrected chi connectivity index (χ2v) is 23.2. The van der Waals surface area contributed by atoms with Crippen molar-refractivity contribution in [2.45, 2.75) is 45.0 Å². The Balaban J connectivity index is 0.000000542. The number of aliphatic hydroxyl groups is 1. The number of ketones is 1. The largest absolute Gasteiger partial charge is 0 e. The van der Waals surface area contributed by atoms with E-state index in [4.69, 9.17) is 10.1 Å². The number of benzene rings is 5. The van der Waals surface area contributed by atoms with E-state index in [1.54, 1.807) is 0 Å². The molecular weight excluding hydrogens is 805 g/mol. The average molecular weight is 843 g/mol. The molecule has 1 heterocycles. The summed E-state index contributed by atoms with van der Waals surface area (Å²) in [4.78, 5) is 14.8. The molecule has 1 radical (unpaired) electrons. The molecule has 0 saturated carbocycles. The van der Waals surface area contributed by atoms with Crippen LogP contribution in [0.4, 0.5) is 0 Å². The second-order valence-electron chi connectivity index (χ2n) is 12.6. The number of carbonyl (C=O) groups excluding carboxylic acids is 1. The molecule has 4 nitrogen and oxygen atoms in total. The first kappa shape index (κ1) is 34.8. The molecule has 6 aromatic rings. The predicted molar refractivity (Wildman–Crippen MR) is 191 cm³/mol. The molecular formula is C40H37GeIrN2O2-. The van der Waals surface area contributed by atoms with Crippen molar-refractivity contribution < 1.29 is 30.0 Å². The van der Waals surface area contributed by atoms with E-state index < -0.39 is 13.3 Å². The van der Waals surface area contributed by atoms with Gasteiger partial charge in [-0.15, -0.1) is 23.6 Å². The Labute approximate surface area is 287 Å². The van der Waals surface area contributed by atoms with Crippen LogP contribution >= 0.6 is 0 Å². The van der Waals surface area contributed by atoms with Crippen LogP contribution < -0.4 is 4.40 Å². The van der Waals surface area contributed by atoms with E-state index in [1.165, 1.54) is 62.7 Å². The molecule has 0 aliphatic carbocycles. The van der Waals surface area contributed by atoms with Gasteiger partial charge >= 0.3 is 164 Å². The van der Waals surface area contributed by atoms with Crippen molar-refractivity contribution in [1.82, 2.24) is 4.98 Å². The first-order valence-corrected chi connectivity index (χ1v) is 22.4. The van der Waals surface area contributed by atoms with Crippen molar-refractivity contribution in [3.8, 4) is 28.5 Å². The van der Waals surface area contributed by atoms with Gasteiger partial charge in [0.05, 0.1) is 11.8 Å². The van der Waals surface area contributed by atoms with Crippen molar-refractivity contribution in [3.63, 3.8) is 0 Å². The number of nitrogens with zero attached hydrogens (tertiary/aromatic N) is 2. The van der Waals surface area contributed by atoms with Crippen LogP contribution in [0.3, 0.4) is 0 Å². The van der Waals surface area contributed by atoms with E-state index in [0.717, 1.165) is 27.4 Å². The van der Waals surface area contributed by atoms with Crippen molar-refractivity contribution in [3.05, 3.63) is 120 Å². The maximum atomic E-state index is 10.0. The van der Waals surface area contributed by atoms with E-state index >= 15 is 0 Å². The zero-order valence-electron chi connectivity index (χ0n) is 27.2. The fraction of sp³-hybridized carbons (Fsp3) is 0.175. The fourth-order valence-corrected chi connectivity index (χ4v) is 8.47. The van der Waals surface area contributed by atoms with Crippen LogP contribution in [-0.2, 0) is 24.9 Å². The Hall–Kier alpha value is -4.08. The first-order chi connectivity index (χ1) is 21.4. The summed E-state index contributed by atoms with van der Waals surface area (Å²) in [6.07, 6.45) is 3.04. The third-order valence-electron chi connectivity index (χ3n) is 8.12. The number of aromatic nitrogens is 1. The summed E-state index contributed by atoms with van der Waals surface area (Å²) in [6, 6.07) is 33.8. The number of carbonyl (C=O) groups is 1. The maximum Gasteiger partial charge on any atom is 0 e. The Kier molecular flexibility index (Phi) is 10.7.